The van der Waals surface area contributed by atoms with E-state index in [1.165, 1.54) is 36.8 Å². The molecule has 0 amide bonds. The molecule has 2 aliphatic carbocycles. The van der Waals surface area contributed by atoms with Crippen LogP contribution in [0.25, 0.3) is 0 Å². The Morgan fingerprint density at radius 1 is 0.909 bits per heavy atom. The van der Waals surface area contributed by atoms with Crippen LogP contribution in [0, 0.1) is 11.8 Å². The van der Waals surface area contributed by atoms with E-state index >= 15 is 0 Å². The molecule has 0 bridgehead atoms. The molecule has 22 heavy (non-hydrogen) atoms. The maximum atomic E-state index is 4.11. The highest BCUT2D eigenvalue weighted by atomic mass is 15.0. The summed E-state index contributed by atoms with van der Waals surface area (Å²) in [4.78, 5) is 4.11. The van der Waals surface area contributed by atoms with Crippen molar-refractivity contribution < 1.29 is 0 Å². The second-order valence-electron chi connectivity index (χ2n) is 6.81. The SMILES string of the molecule is c1ccc([C@H]2[C@@H]3CCCC[C@@H]3[C@@H]2NCc2ccncc2)cc1. The lowest BCUT2D eigenvalue weighted by atomic mass is 9.53. The highest BCUT2D eigenvalue weighted by Crippen LogP contribution is 2.54. The summed E-state index contributed by atoms with van der Waals surface area (Å²) in [6.07, 6.45) is 9.42. The minimum atomic E-state index is 0.640. The fraction of sp³-hybridized carbons (Fsp3) is 0.450. The smallest absolute Gasteiger partial charge is 0.0271 e. The van der Waals surface area contributed by atoms with Gasteiger partial charge in [-0.2, -0.15) is 0 Å². The van der Waals surface area contributed by atoms with Crippen LogP contribution < -0.4 is 5.32 Å². The lowest BCUT2D eigenvalue weighted by molar-refractivity contribution is 0.0254. The molecule has 114 valence electrons. The summed E-state index contributed by atoms with van der Waals surface area (Å²) in [5.74, 6) is 2.47. The van der Waals surface area contributed by atoms with Crippen molar-refractivity contribution >= 4 is 0 Å². The van der Waals surface area contributed by atoms with E-state index in [1.807, 2.05) is 12.4 Å². The predicted octanol–water partition coefficient (Wildman–Crippen LogP) is 4.14. The van der Waals surface area contributed by atoms with Gasteiger partial charge in [-0.1, -0.05) is 43.2 Å². The number of benzene rings is 1. The molecule has 0 saturated heterocycles. The first-order valence-corrected chi connectivity index (χ1v) is 8.61. The molecule has 2 heteroatoms. The van der Waals surface area contributed by atoms with Gasteiger partial charge < -0.3 is 5.32 Å². The molecule has 0 unspecified atom stereocenters. The average molecular weight is 292 g/mol. The summed E-state index contributed by atoms with van der Waals surface area (Å²) in [5, 5.41) is 3.86. The predicted molar refractivity (Wildman–Crippen MR) is 89.5 cm³/mol. The minimum absolute atomic E-state index is 0.640. The molecule has 0 spiro atoms. The van der Waals surface area contributed by atoms with Crippen molar-refractivity contribution in [2.24, 2.45) is 11.8 Å². The molecule has 4 atom stereocenters. The minimum Gasteiger partial charge on any atom is -0.309 e. The van der Waals surface area contributed by atoms with Crippen molar-refractivity contribution in [2.45, 2.75) is 44.2 Å². The van der Waals surface area contributed by atoms with E-state index < -0.39 is 0 Å². The van der Waals surface area contributed by atoms with E-state index in [4.69, 9.17) is 0 Å². The Kier molecular flexibility index (Phi) is 3.94. The van der Waals surface area contributed by atoms with Gasteiger partial charge in [0.2, 0.25) is 0 Å². The normalized spacial score (nSPS) is 30.4. The molecular formula is C20H24N2. The van der Waals surface area contributed by atoms with Crippen LogP contribution in [0.5, 0.6) is 0 Å². The zero-order valence-corrected chi connectivity index (χ0v) is 13.0. The van der Waals surface area contributed by atoms with Crippen molar-refractivity contribution in [3.63, 3.8) is 0 Å². The van der Waals surface area contributed by atoms with Crippen molar-refractivity contribution in [3.05, 3.63) is 66.0 Å². The van der Waals surface area contributed by atoms with Crippen molar-refractivity contribution in [1.82, 2.24) is 10.3 Å². The van der Waals surface area contributed by atoms with Gasteiger partial charge in [0.25, 0.3) is 0 Å². The summed E-state index contributed by atoms with van der Waals surface area (Å²) in [5.41, 5.74) is 2.86. The average Bonchev–Trinajstić information content (AvgIpc) is 2.58. The molecular weight excluding hydrogens is 268 g/mol. The van der Waals surface area contributed by atoms with Crippen LogP contribution in [0.15, 0.2) is 54.9 Å². The highest BCUT2D eigenvalue weighted by molar-refractivity contribution is 5.28. The van der Waals surface area contributed by atoms with Crippen LogP contribution in [0.3, 0.4) is 0 Å². The van der Waals surface area contributed by atoms with Gasteiger partial charge in [-0.15, -0.1) is 0 Å². The van der Waals surface area contributed by atoms with Crippen molar-refractivity contribution in [2.75, 3.05) is 0 Å². The summed E-state index contributed by atoms with van der Waals surface area (Å²) in [7, 11) is 0. The molecule has 4 rings (SSSR count). The van der Waals surface area contributed by atoms with Crippen molar-refractivity contribution in [3.8, 4) is 0 Å². The first kappa shape index (κ1) is 14.0. The largest absolute Gasteiger partial charge is 0.309 e. The quantitative estimate of drug-likeness (QED) is 0.916. The number of hydrogen-bond donors (Lipinski definition) is 1. The van der Waals surface area contributed by atoms with E-state index in [0.29, 0.717) is 12.0 Å². The Morgan fingerprint density at radius 2 is 1.64 bits per heavy atom. The molecule has 2 aromatic rings. The van der Waals surface area contributed by atoms with Gasteiger partial charge in [0.05, 0.1) is 0 Å². The van der Waals surface area contributed by atoms with Gasteiger partial charge >= 0.3 is 0 Å². The molecule has 0 radical (unpaired) electrons. The standard InChI is InChI=1S/C20H24N2/c1-2-6-16(7-3-1)19-17-8-4-5-9-18(17)20(19)22-14-15-10-12-21-13-11-15/h1-3,6-7,10-13,17-20,22H,4-5,8-9,14H2/t17-,18+,19+,20+/m1/s1. The number of aromatic nitrogens is 1. The molecule has 2 fully saturated rings. The van der Waals surface area contributed by atoms with Gasteiger partial charge in [0, 0.05) is 30.9 Å². The Morgan fingerprint density at radius 3 is 2.41 bits per heavy atom. The molecule has 0 aliphatic heterocycles. The first-order valence-electron chi connectivity index (χ1n) is 8.61. The second kappa shape index (κ2) is 6.21. The molecule has 1 aromatic heterocycles. The summed E-state index contributed by atoms with van der Waals surface area (Å²) in [6, 6.07) is 16.0. The molecule has 2 nitrogen and oxygen atoms in total. The summed E-state index contributed by atoms with van der Waals surface area (Å²) in [6.45, 7) is 0.958. The Hall–Kier alpha value is -1.67. The molecule has 2 saturated carbocycles. The third-order valence-electron chi connectivity index (χ3n) is 5.66. The lowest BCUT2D eigenvalue weighted by Gasteiger charge is -2.55. The third kappa shape index (κ3) is 2.56. The maximum absolute atomic E-state index is 4.11. The maximum Gasteiger partial charge on any atom is 0.0271 e. The Bertz CT molecular complexity index is 596. The molecule has 1 aromatic carbocycles. The van der Waals surface area contributed by atoms with E-state index in [0.717, 1.165) is 18.4 Å². The van der Waals surface area contributed by atoms with Gasteiger partial charge in [-0.3, -0.25) is 4.98 Å². The number of pyridine rings is 1. The van der Waals surface area contributed by atoms with Gasteiger partial charge in [0.15, 0.2) is 0 Å². The Labute approximate surface area is 133 Å². The van der Waals surface area contributed by atoms with E-state index in [2.05, 4.69) is 52.8 Å². The third-order valence-corrected chi connectivity index (χ3v) is 5.66. The highest BCUT2D eigenvalue weighted by Gasteiger charge is 2.50. The second-order valence-corrected chi connectivity index (χ2v) is 6.81. The van der Waals surface area contributed by atoms with Crippen LogP contribution in [0.1, 0.15) is 42.7 Å². The van der Waals surface area contributed by atoms with Crippen LogP contribution in [0.2, 0.25) is 0 Å². The number of nitrogens with zero attached hydrogens (tertiary/aromatic N) is 1. The van der Waals surface area contributed by atoms with Crippen LogP contribution in [-0.2, 0) is 6.54 Å². The van der Waals surface area contributed by atoms with Crippen LogP contribution >= 0.6 is 0 Å². The molecule has 1 heterocycles. The number of hydrogen-bond acceptors (Lipinski definition) is 2. The monoisotopic (exact) mass is 292 g/mol. The molecule has 1 N–H and O–H groups in total. The van der Waals surface area contributed by atoms with Crippen LogP contribution in [-0.4, -0.2) is 11.0 Å². The topological polar surface area (TPSA) is 24.9 Å². The van der Waals surface area contributed by atoms with E-state index in [-0.39, 0.29) is 0 Å². The first-order chi connectivity index (χ1) is 10.9. The molecule has 2 aliphatic rings. The van der Waals surface area contributed by atoms with Gasteiger partial charge in [-0.05, 0) is 47.9 Å². The van der Waals surface area contributed by atoms with Gasteiger partial charge in [0.1, 0.15) is 0 Å². The Balaban J connectivity index is 1.50. The number of nitrogens with one attached hydrogen (secondary N) is 1. The zero-order chi connectivity index (χ0) is 14.8. The zero-order valence-electron chi connectivity index (χ0n) is 13.0. The lowest BCUT2D eigenvalue weighted by Crippen LogP contribution is -2.57. The van der Waals surface area contributed by atoms with Crippen molar-refractivity contribution in [1.29, 1.82) is 0 Å². The fourth-order valence-corrected chi connectivity index (χ4v) is 4.61. The summed E-state index contributed by atoms with van der Waals surface area (Å²) >= 11 is 0. The fourth-order valence-electron chi connectivity index (χ4n) is 4.61. The number of rotatable bonds is 4. The summed E-state index contributed by atoms with van der Waals surface area (Å²) < 4.78 is 0. The van der Waals surface area contributed by atoms with E-state index in [1.54, 1.807) is 0 Å². The van der Waals surface area contributed by atoms with Gasteiger partial charge in [-0.25, -0.2) is 0 Å². The van der Waals surface area contributed by atoms with E-state index in [9.17, 15) is 0 Å². The number of fused-ring (bicyclic) bond motifs is 1. The van der Waals surface area contributed by atoms with Crippen LogP contribution in [0.4, 0.5) is 0 Å².